The molecule has 1 aromatic heterocycles. The number of furan rings is 1. The van der Waals surface area contributed by atoms with Gasteiger partial charge in [-0.15, -0.1) is 0 Å². The van der Waals surface area contributed by atoms with Crippen molar-refractivity contribution < 1.29 is 4.42 Å². The topological polar surface area (TPSA) is 16.4 Å². The number of hydrogen-bond donors (Lipinski definition) is 0. The molecule has 0 saturated heterocycles. The molecule has 8 rings (SSSR count). The Kier molecular flexibility index (Phi) is 5.58. The molecule has 0 amide bonds. The molecule has 0 spiro atoms. The largest absolute Gasteiger partial charge is 0.456 e. The highest BCUT2D eigenvalue weighted by Crippen LogP contribution is 2.56. The molecule has 1 unspecified atom stereocenters. The van der Waals surface area contributed by atoms with E-state index in [1.54, 1.807) is 0 Å². The lowest BCUT2D eigenvalue weighted by Crippen LogP contribution is -2.19. The van der Waals surface area contributed by atoms with Crippen molar-refractivity contribution in [1.29, 1.82) is 0 Å². The van der Waals surface area contributed by atoms with Gasteiger partial charge < -0.3 is 9.32 Å². The highest BCUT2D eigenvalue weighted by molar-refractivity contribution is 6.14. The molecule has 1 heterocycles. The molecule has 1 atom stereocenters. The van der Waals surface area contributed by atoms with Crippen LogP contribution in [-0.4, -0.2) is 0 Å². The summed E-state index contributed by atoms with van der Waals surface area (Å²) in [4.78, 5) is 2.48. The summed E-state index contributed by atoms with van der Waals surface area (Å²) in [5, 5.41) is 2.25. The Balaban J connectivity index is 1.51. The molecule has 0 fully saturated rings. The van der Waals surface area contributed by atoms with E-state index in [9.17, 15) is 0 Å². The maximum atomic E-state index is 6.40. The predicted octanol–water partition coefficient (Wildman–Crippen LogP) is 11.4. The van der Waals surface area contributed by atoms with Crippen LogP contribution in [0.1, 0.15) is 31.4 Å². The van der Waals surface area contributed by atoms with Crippen LogP contribution >= 0.6 is 0 Å². The zero-order valence-electron chi connectivity index (χ0n) is 23.8. The van der Waals surface area contributed by atoms with Crippen LogP contribution in [-0.2, 0) is 5.41 Å². The summed E-state index contributed by atoms with van der Waals surface area (Å²) in [6.07, 6.45) is 1.03. The fraction of sp³-hybridized carbons (Fsp3) is 0.100. The predicted molar refractivity (Wildman–Crippen MR) is 176 cm³/mol. The van der Waals surface area contributed by atoms with Gasteiger partial charge in [-0.3, -0.25) is 0 Å². The van der Waals surface area contributed by atoms with Gasteiger partial charge in [0.2, 0.25) is 0 Å². The lowest BCUT2D eigenvalue weighted by molar-refractivity contribution is 0.564. The van der Waals surface area contributed by atoms with E-state index in [-0.39, 0.29) is 5.41 Å². The molecule has 0 N–H and O–H groups in total. The van der Waals surface area contributed by atoms with Crippen molar-refractivity contribution in [3.05, 3.63) is 151 Å². The van der Waals surface area contributed by atoms with E-state index < -0.39 is 0 Å². The Labute approximate surface area is 246 Å². The summed E-state index contributed by atoms with van der Waals surface area (Å²) >= 11 is 0. The minimum Gasteiger partial charge on any atom is -0.456 e. The molecule has 0 bridgehead atoms. The minimum absolute atomic E-state index is 0.0547. The van der Waals surface area contributed by atoms with Gasteiger partial charge in [-0.2, -0.15) is 0 Å². The van der Waals surface area contributed by atoms with Crippen molar-refractivity contribution in [3.63, 3.8) is 0 Å². The molecule has 0 radical (unpaired) electrons. The van der Waals surface area contributed by atoms with Crippen LogP contribution in [0.5, 0.6) is 0 Å². The van der Waals surface area contributed by atoms with E-state index in [1.807, 2.05) is 6.07 Å². The zero-order valence-corrected chi connectivity index (χ0v) is 23.8. The van der Waals surface area contributed by atoms with Crippen LogP contribution in [0.25, 0.3) is 44.2 Å². The van der Waals surface area contributed by atoms with Gasteiger partial charge in [-0.05, 0) is 59.0 Å². The highest BCUT2D eigenvalue weighted by Gasteiger charge is 2.40. The van der Waals surface area contributed by atoms with Crippen molar-refractivity contribution in [2.45, 2.75) is 25.7 Å². The molecule has 1 aliphatic rings. The molecule has 6 aromatic carbocycles. The lowest BCUT2D eigenvalue weighted by atomic mass is 9.78. The molecule has 0 aliphatic heterocycles. The molecule has 2 nitrogen and oxygen atoms in total. The fourth-order valence-electron chi connectivity index (χ4n) is 7.04. The van der Waals surface area contributed by atoms with Crippen molar-refractivity contribution in [1.82, 2.24) is 0 Å². The van der Waals surface area contributed by atoms with Gasteiger partial charge in [0.15, 0.2) is 0 Å². The van der Waals surface area contributed by atoms with Crippen molar-refractivity contribution >= 4 is 39.0 Å². The van der Waals surface area contributed by atoms with Gasteiger partial charge in [-0.25, -0.2) is 0 Å². The number of benzene rings is 6. The Morgan fingerprint density at radius 3 is 2.02 bits per heavy atom. The molecule has 1 aliphatic carbocycles. The van der Waals surface area contributed by atoms with E-state index in [0.29, 0.717) is 0 Å². The third-order valence-corrected chi connectivity index (χ3v) is 9.23. The first-order valence-electron chi connectivity index (χ1n) is 14.8. The van der Waals surface area contributed by atoms with E-state index in [2.05, 4.69) is 152 Å². The van der Waals surface area contributed by atoms with Crippen LogP contribution in [0.4, 0.5) is 17.1 Å². The molecule has 2 heteroatoms. The maximum absolute atomic E-state index is 6.40. The van der Waals surface area contributed by atoms with Crippen molar-refractivity contribution in [2.75, 3.05) is 4.90 Å². The summed E-state index contributed by atoms with van der Waals surface area (Å²) < 4.78 is 6.40. The van der Waals surface area contributed by atoms with Gasteiger partial charge in [0.05, 0.1) is 22.4 Å². The van der Waals surface area contributed by atoms with Gasteiger partial charge in [0, 0.05) is 21.9 Å². The molecule has 0 saturated carbocycles. The molecule has 7 aromatic rings. The smallest absolute Gasteiger partial charge is 0.137 e. The molecular weight excluding hydrogens is 510 g/mol. The highest BCUT2D eigenvalue weighted by atomic mass is 16.3. The Hall–Kier alpha value is -5.08. The Bertz CT molecular complexity index is 2100. The first kappa shape index (κ1) is 24.7. The second kappa shape index (κ2) is 9.49. The summed E-state index contributed by atoms with van der Waals surface area (Å²) in [7, 11) is 0. The number of rotatable bonds is 5. The average molecular weight is 542 g/mol. The van der Waals surface area contributed by atoms with E-state index >= 15 is 0 Å². The van der Waals surface area contributed by atoms with E-state index in [1.165, 1.54) is 39.1 Å². The third-order valence-electron chi connectivity index (χ3n) is 9.23. The van der Waals surface area contributed by atoms with Crippen molar-refractivity contribution in [2.24, 2.45) is 0 Å². The standard InChI is InChI=1S/C40H31NO/c1-3-40(2)31-20-10-7-18-29(31)38-32(40)21-13-23-34(38)41(33-22-11-8-17-28(33)27-15-5-4-6-16-27)35-24-14-26-37-39(35)30-19-9-12-25-36(30)42-37/h4-26H,3H2,1-2H3. The van der Waals surface area contributed by atoms with E-state index in [4.69, 9.17) is 4.42 Å². The quantitative estimate of drug-likeness (QED) is 0.215. The van der Waals surface area contributed by atoms with Crippen LogP contribution in [0.15, 0.2) is 144 Å². The van der Waals surface area contributed by atoms with Crippen LogP contribution in [0.2, 0.25) is 0 Å². The maximum Gasteiger partial charge on any atom is 0.137 e. The Morgan fingerprint density at radius 1 is 0.548 bits per heavy atom. The number of nitrogens with zero attached hydrogens (tertiary/aromatic N) is 1. The fourth-order valence-corrected chi connectivity index (χ4v) is 7.04. The van der Waals surface area contributed by atoms with E-state index in [0.717, 1.165) is 39.7 Å². The SMILES string of the molecule is CCC1(C)c2ccccc2-c2c(N(c3ccccc3-c3ccccc3)c3cccc4oc5ccccc5c34)cccc21. The summed E-state index contributed by atoms with van der Waals surface area (Å²) in [5.41, 5.74) is 12.9. The van der Waals surface area contributed by atoms with Crippen molar-refractivity contribution in [3.8, 4) is 22.3 Å². The number of hydrogen-bond acceptors (Lipinski definition) is 2. The number of para-hydroxylation sites is 2. The van der Waals surface area contributed by atoms with Crippen LogP contribution < -0.4 is 4.90 Å². The Morgan fingerprint density at radius 2 is 1.17 bits per heavy atom. The lowest BCUT2D eigenvalue weighted by Gasteiger charge is -2.31. The molecule has 202 valence electrons. The molecule has 42 heavy (non-hydrogen) atoms. The van der Waals surface area contributed by atoms with Crippen LogP contribution in [0.3, 0.4) is 0 Å². The zero-order chi connectivity index (χ0) is 28.3. The van der Waals surface area contributed by atoms with Gasteiger partial charge in [0.1, 0.15) is 11.2 Å². The summed E-state index contributed by atoms with van der Waals surface area (Å²) in [5.74, 6) is 0. The number of anilines is 3. The van der Waals surface area contributed by atoms with Gasteiger partial charge in [-0.1, -0.05) is 123 Å². The second-order valence-corrected chi connectivity index (χ2v) is 11.4. The van der Waals surface area contributed by atoms with Gasteiger partial charge in [0.25, 0.3) is 0 Å². The van der Waals surface area contributed by atoms with Crippen LogP contribution in [0, 0.1) is 0 Å². The molecular formula is C40H31NO. The summed E-state index contributed by atoms with van der Waals surface area (Å²) in [6.45, 7) is 4.70. The third kappa shape index (κ3) is 3.51. The number of fused-ring (bicyclic) bond motifs is 6. The monoisotopic (exact) mass is 541 g/mol. The first-order chi connectivity index (χ1) is 20.7. The normalized spacial score (nSPS) is 15.6. The van der Waals surface area contributed by atoms with Gasteiger partial charge >= 0.3 is 0 Å². The average Bonchev–Trinajstić information content (AvgIpc) is 3.56. The second-order valence-electron chi connectivity index (χ2n) is 11.4. The first-order valence-corrected chi connectivity index (χ1v) is 14.8. The summed E-state index contributed by atoms with van der Waals surface area (Å²) in [6, 6.07) is 50.1. The minimum atomic E-state index is -0.0547.